The highest BCUT2D eigenvalue weighted by Crippen LogP contribution is 2.28. The first-order valence-electron chi connectivity index (χ1n) is 10.3. The first kappa shape index (κ1) is 20.8. The highest BCUT2D eigenvalue weighted by atomic mass is 15.4. The van der Waals surface area contributed by atoms with Gasteiger partial charge in [-0.3, -0.25) is 14.7 Å². The first-order chi connectivity index (χ1) is 15.1. The van der Waals surface area contributed by atoms with E-state index in [1.165, 1.54) is 0 Å². The normalized spacial score (nSPS) is 14.4. The molecular weight excluding hydrogens is 388 g/mol. The summed E-state index contributed by atoms with van der Waals surface area (Å²) in [7, 11) is 0. The maximum absolute atomic E-state index is 6.36. The Labute approximate surface area is 182 Å². The molecule has 8 nitrogen and oxygen atoms in total. The molecule has 0 radical (unpaired) electrons. The van der Waals surface area contributed by atoms with Gasteiger partial charge in [-0.05, 0) is 68.0 Å². The van der Waals surface area contributed by atoms with Crippen molar-refractivity contribution in [1.29, 1.82) is 0 Å². The second kappa shape index (κ2) is 9.11. The Morgan fingerprint density at radius 3 is 2.81 bits per heavy atom. The molecule has 3 aromatic rings. The topological polar surface area (TPSA) is 110 Å². The molecule has 0 unspecified atom stereocenters. The molecule has 160 valence electrons. The van der Waals surface area contributed by atoms with Crippen molar-refractivity contribution in [3.8, 4) is 11.3 Å². The average Bonchev–Trinajstić information content (AvgIpc) is 3.30. The van der Waals surface area contributed by atoms with Crippen molar-refractivity contribution in [1.82, 2.24) is 20.1 Å². The number of rotatable bonds is 7. The number of anilines is 2. The third-order valence-corrected chi connectivity index (χ3v) is 5.59. The van der Waals surface area contributed by atoms with E-state index in [0.717, 1.165) is 54.0 Å². The average molecular weight is 417 g/mol. The van der Waals surface area contributed by atoms with Crippen LogP contribution in [0.5, 0.6) is 0 Å². The van der Waals surface area contributed by atoms with Crippen molar-refractivity contribution in [3.05, 3.63) is 60.4 Å². The van der Waals surface area contributed by atoms with Crippen LogP contribution < -0.4 is 21.9 Å². The molecule has 0 saturated carbocycles. The number of nitrogen functional groups attached to an aromatic ring is 1. The fourth-order valence-electron chi connectivity index (χ4n) is 3.87. The van der Waals surface area contributed by atoms with Gasteiger partial charge in [0.2, 0.25) is 0 Å². The second-order valence-electron chi connectivity index (χ2n) is 7.68. The lowest BCUT2D eigenvalue weighted by Gasteiger charge is -2.22. The summed E-state index contributed by atoms with van der Waals surface area (Å²) in [5.74, 6) is 6.89. The van der Waals surface area contributed by atoms with Gasteiger partial charge in [-0.15, -0.1) is 0 Å². The zero-order valence-corrected chi connectivity index (χ0v) is 17.5. The molecule has 0 aliphatic carbocycles. The van der Waals surface area contributed by atoms with E-state index >= 15 is 0 Å². The SMILES string of the molecule is C=Cc1cc(CN(N)c2nc(-c3cnn(C4CCNCC4)c3)ccc2N)ccc1N=C. The van der Waals surface area contributed by atoms with Crippen LogP contribution in [0.1, 0.15) is 30.0 Å². The van der Waals surface area contributed by atoms with Gasteiger partial charge in [-0.2, -0.15) is 5.10 Å². The predicted molar refractivity (Wildman–Crippen MR) is 127 cm³/mol. The number of benzene rings is 1. The second-order valence-corrected chi connectivity index (χ2v) is 7.68. The van der Waals surface area contributed by atoms with Crippen molar-refractivity contribution in [2.75, 3.05) is 23.8 Å². The molecule has 1 saturated heterocycles. The molecule has 0 amide bonds. The van der Waals surface area contributed by atoms with E-state index in [1.807, 2.05) is 41.2 Å². The molecule has 8 heteroatoms. The number of hydrazine groups is 1. The van der Waals surface area contributed by atoms with Crippen LogP contribution >= 0.6 is 0 Å². The van der Waals surface area contributed by atoms with Gasteiger partial charge in [0.05, 0.1) is 35.9 Å². The number of piperidine rings is 1. The molecule has 0 spiro atoms. The zero-order chi connectivity index (χ0) is 21.8. The highest BCUT2D eigenvalue weighted by Gasteiger charge is 2.17. The van der Waals surface area contributed by atoms with Crippen molar-refractivity contribution in [3.63, 3.8) is 0 Å². The Morgan fingerprint density at radius 2 is 2.06 bits per heavy atom. The van der Waals surface area contributed by atoms with Crippen LogP contribution in [0.2, 0.25) is 0 Å². The molecule has 31 heavy (non-hydrogen) atoms. The fraction of sp³-hybridized carbons (Fsp3) is 0.261. The van der Waals surface area contributed by atoms with Gasteiger partial charge in [0.1, 0.15) is 0 Å². The Morgan fingerprint density at radius 1 is 1.26 bits per heavy atom. The van der Waals surface area contributed by atoms with Crippen LogP contribution in [-0.2, 0) is 6.54 Å². The number of nitrogens with two attached hydrogens (primary N) is 2. The minimum atomic E-state index is 0.418. The molecule has 1 aliphatic rings. The lowest BCUT2D eigenvalue weighted by Crippen LogP contribution is -2.31. The maximum Gasteiger partial charge on any atom is 0.166 e. The zero-order valence-electron chi connectivity index (χ0n) is 17.5. The summed E-state index contributed by atoms with van der Waals surface area (Å²) in [6.45, 7) is 9.90. The molecule has 3 heterocycles. The molecule has 4 rings (SSSR count). The van der Waals surface area contributed by atoms with E-state index in [4.69, 9.17) is 16.6 Å². The minimum absolute atomic E-state index is 0.418. The van der Waals surface area contributed by atoms with Crippen molar-refractivity contribution >= 4 is 30.0 Å². The Bertz CT molecular complexity index is 1080. The van der Waals surface area contributed by atoms with Gasteiger partial charge in [0, 0.05) is 11.8 Å². The van der Waals surface area contributed by atoms with E-state index in [1.54, 1.807) is 11.1 Å². The van der Waals surface area contributed by atoms with Crippen LogP contribution in [0.4, 0.5) is 17.2 Å². The molecule has 5 N–H and O–H groups in total. The fourth-order valence-corrected chi connectivity index (χ4v) is 3.87. The van der Waals surface area contributed by atoms with Gasteiger partial charge in [0.25, 0.3) is 0 Å². The lowest BCUT2D eigenvalue weighted by molar-refractivity contribution is 0.343. The molecule has 0 bridgehead atoms. The van der Waals surface area contributed by atoms with E-state index in [9.17, 15) is 0 Å². The van der Waals surface area contributed by atoms with Crippen molar-refractivity contribution in [2.45, 2.75) is 25.4 Å². The summed E-state index contributed by atoms with van der Waals surface area (Å²) in [4.78, 5) is 8.74. The van der Waals surface area contributed by atoms with Crippen LogP contribution in [0.25, 0.3) is 17.3 Å². The standard InChI is InChI=1S/C23H28N8/c1-3-17-12-16(4-6-21(17)26-2)14-30(25)23-20(24)5-7-22(29-23)18-13-28-31(15-18)19-8-10-27-11-9-19/h3-7,12-13,15,19,27H,1-2,8-11,14,24-25H2. The van der Waals surface area contributed by atoms with Crippen LogP contribution in [0.15, 0.2) is 54.3 Å². The molecule has 1 fully saturated rings. The molecule has 1 aliphatic heterocycles. The summed E-state index contributed by atoms with van der Waals surface area (Å²) in [5.41, 5.74) is 11.1. The monoisotopic (exact) mass is 416 g/mol. The predicted octanol–water partition coefficient (Wildman–Crippen LogP) is 3.31. The molecular formula is C23H28N8. The Hall–Kier alpha value is -3.49. The van der Waals surface area contributed by atoms with Crippen LogP contribution in [0.3, 0.4) is 0 Å². The van der Waals surface area contributed by atoms with E-state index in [0.29, 0.717) is 24.1 Å². The van der Waals surface area contributed by atoms with Gasteiger partial charge in [-0.25, -0.2) is 10.8 Å². The highest BCUT2D eigenvalue weighted by molar-refractivity contribution is 5.70. The molecule has 0 atom stereocenters. The summed E-state index contributed by atoms with van der Waals surface area (Å²) in [5, 5.41) is 9.50. The number of nitrogens with one attached hydrogen (secondary N) is 1. The smallest absolute Gasteiger partial charge is 0.166 e. The summed E-state index contributed by atoms with van der Waals surface area (Å²) in [6.07, 6.45) is 7.80. The van der Waals surface area contributed by atoms with Gasteiger partial charge in [0.15, 0.2) is 5.82 Å². The van der Waals surface area contributed by atoms with Crippen molar-refractivity contribution in [2.24, 2.45) is 10.8 Å². The Balaban J connectivity index is 1.56. The van der Waals surface area contributed by atoms with Crippen LogP contribution in [0, 0.1) is 0 Å². The van der Waals surface area contributed by atoms with E-state index in [2.05, 4.69) is 34.9 Å². The van der Waals surface area contributed by atoms with Crippen LogP contribution in [-0.4, -0.2) is 34.6 Å². The van der Waals surface area contributed by atoms with E-state index in [-0.39, 0.29) is 0 Å². The number of hydrogen-bond acceptors (Lipinski definition) is 7. The molecule has 1 aromatic carbocycles. The maximum atomic E-state index is 6.36. The Kier molecular flexibility index (Phi) is 6.11. The van der Waals surface area contributed by atoms with Crippen molar-refractivity contribution < 1.29 is 0 Å². The largest absolute Gasteiger partial charge is 0.396 e. The summed E-state index contributed by atoms with van der Waals surface area (Å²) in [6, 6.07) is 9.99. The lowest BCUT2D eigenvalue weighted by atomic mass is 10.1. The molecule has 2 aromatic heterocycles. The van der Waals surface area contributed by atoms with Gasteiger partial charge in [-0.1, -0.05) is 18.7 Å². The number of aliphatic imine (C=N–C) groups is 1. The first-order valence-corrected chi connectivity index (χ1v) is 10.3. The van der Waals surface area contributed by atoms with Gasteiger partial charge >= 0.3 is 0 Å². The number of hydrogen-bond donors (Lipinski definition) is 3. The minimum Gasteiger partial charge on any atom is -0.396 e. The summed E-state index contributed by atoms with van der Waals surface area (Å²) >= 11 is 0. The van der Waals surface area contributed by atoms with E-state index < -0.39 is 0 Å². The number of pyridine rings is 1. The summed E-state index contributed by atoms with van der Waals surface area (Å²) < 4.78 is 2.04. The van der Waals surface area contributed by atoms with Gasteiger partial charge < -0.3 is 11.1 Å². The number of aromatic nitrogens is 3. The third kappa shape index (κ3) is 4.50. The third-order valence-electron chi connectivity index (χ3n) is 5.59. The number of nitrogens with zero attached hydrogens (tertiary/aromatic N) is 5. The quantitative estimate of drug-likeness (QED) is 0.310.